The van der Waals surface area contributed by atoms with Gasteiger partial charge in [0, 0.05) is 25.5 Å². The summed E-state index contributed by atoms with van der Waals surface area (Å²) in [7, 11) is 0. The molecule has 4 nitrogen and oxygen atoms in total. The third kappa shape index (κ3) is 4.12. The molecular formula is C12H19Cl2N3O. The highest BCUT2D eigenvalue weighted by Crippen LogP contribution is 2.17. The number of nitrogens with two attached hydrogens (primary N) is 1. The quantitative estimate of drug-likeness (QED) is 0.903. The van der Waals surface area contributed by atoms with Gasteiger partial charge in [0.25, 0.3) is 5.91 Å². The van der Waals surface area contributed by atoms with Crippen molar-refractivity contribution in [2.24, 2.45) is 11.7 Å². The number of hydrogen-bond donors (Lipinski definition) is 1. The molecule has 1 atom stereocenters. The molecule has 102 valence electrons. The molecule has 0 spiro atoms. The fraction of sp³-hybridized carbons (Fsp3) is 0.500. The van der Waals surface area contributed by atoms with Crippen LogP contribution < -0.4 is 5.73 Å². The van der Waals surface area contributed by atoms with Crippen LogP contribution >= 0.6 is 24.8 Å². The Morgan fingerprint density at radius 2 is 2.28 bits per heavy atom. The summed E-state index contributed by atoms with van der Waals surface area (Å²) in [6, 6.07) is 3.60. The van der Waals surface area contributed by atoms with Crippen molar-refractivity contribution in [3.8, 4) is 0 Å². The molecular weight excluding hydrogens is 273 g/mol. The lowest BCUT2D eigenvalue weighted by molar-refractivity contribution is 0.0678. The molecule has 1 aliphatic heterocycles. The molecule has 1 aromatic heterocycles. The van der Waals surface area contributed by atoms with Gasteiger partial charge in [-0.25, -0.2) is 0 Å². The Hall–Kier alpha value is -0.840. The van der Waals surface area contributed by atoms with Gasteiger partial charge in [0.2, 0.25) is 0 Å². The molecule has 0 radical (unpaired) electrons. The van der Waals surface area contributed by atoms with E-state index in [0.29, 0.717) is 18.0 Å². The predicted octanol–water partition coefficient (Wildman–Crippen LogP) is 1.74. The smallest absolute Gasteiger partial charge is 0.255 e. The standard InChI is InChI=1S/C12H17N3O.2ClH/c13-7-10-3-2-6-15(9-10)12(16)11-4-1-5-14-8-11;;/h1,4-5,8,10H,2-3,6-7,9,13H2;2*1H. The number of amides is 1. The Kier molecular flexibility index (Phi) is 7.91. The molecule has 1 saturated heterocycles. The maximum atomic E-state index is 12.1. The van der Waals surface area contributed by atoms with Crippen LogP contribution in [0.25, 0.3) is 0 Å². The normalized spacial score (nSPS) is 18.5. The van der Waals surface area contributed by atoms with Gasteiger partial charge in [0.1, 0.15) is 0 Å². The first-order valence-electron chi connectivity index (χ1n) is 5.70. The average molecular weight is 292 g/mol. The Labute approximate surface area is 120 Å². The summed E-state index contributed by atoms with van der Waals surface area (Å²) < 4.78 is 0. The number of pyridine rings is 1. The molecule has 1 aromatic rings. The lowest BCUT2D eigenvalue weighted by Crippen LogP contribution is -2.42. The van der Waals surface area contributed by atoms with Crippen LogP contribution in [0.1, 0.15) is 23.2 Å². The number of rotatable bonds is 2. The maximum Gasteiger partial charge on any atom is 0.255 e. The summed E-state index contributed by atoms with van der Waals surface area (Å²) in [5, 5.41) is 0. The van der Waals surface area contributed by atoms with Gasteiger partial charge in [-0.05, 0) is 37.4 Å². The number of carbonyl (C=O) groups is 1. The predicted molar refractivity (Wildman–Crippen MR) is 76.4 cm³/mol. The second kappa shape index (κ2) is 8.29. The SMILES string of the molecule is Cl.Cl.NCC1CCCN(C(=O)c2cccnc2)C1. The third-order valence-electron chi connectivity index (χ3n) is 3.05. The van der Waals surface area contributed by atoms with Crippen LogP contribution in [0.15, 0.2) is 24.5 Å². The van der Waals surface area contributed by atoms with E-state index in [1.165, 1.54) is 0 Å². The average Bonchev–Trinajstić information content (AvgIpc) is 2.39. The lowest BCUT2D eigenvalue weighted by Gasteiger charge is -2.32. The molecule has 1 aliphatic rings. The molecule has 6 heteroatoms. The Morgan fingerprint density at radius 1 is 1.50 bits per heavy atom. The van der Waals surface area contributed by atoms with Crippen molar-refractivity contribution >= 4 is 30.7 Å². The van der Waals surface area contributed by atoms with Gasteiger partial charge in [-0.15, -0.1) is 24.8 Å². The minimum absolute atomic E-state index is 0. The second-order valence-electron chi connectivity index (χ2n) is 4.24. The summed E-state index contributed by atoms with van der Waals surface area (Å²) in [6.45, 7) is 2.28. The third-order valence-corrected chi connectivity index (χ3v) is 3.05. The first-order chi connectivity index (χ1) is 7.81. The lowest BCUT2D eigenvalue weighted by atomic mass is 9.98. The van der Waals surface area contributed by atoms with E-state index in [2.05, 4.69) is 4.98 Å². The summed E-state index contributed by atoms with van der Waals surface area (Å²) >= 11 is 0. The molecule has 2 rings (SSSR count). The van der Waals surface area contributed by atoms with Crippen molar-refractivity contribution < 1.29 is 4.79 Å². The molecule has 1 amide bonds. The van der Waals surface area contributed by atoms with Gasteiger partial charge in [0.05, 0.1) is 5.56 Å². The molecule has 0 bridgehead atoms. The van der Waals surface area contributed by atoms with Gasteiger partial charge in [-0.2, -0.15) is 0 Å². The highest BCUT2D eigenvalue weighted by Gasteiger charge is 2.23. The van der Waals surface area contributed by atoms with Gasteiger partial charge >= 0.3 is 0 Å². The first-order valence-corrected chi connectivity index (χ1v) is 5.70. The summed E-state index contributed by atoms with van der Waals surface area (Å²) in [5.74, 6) is 0.528. The summed E-state index contributed by atoms with van der Waals surface area (Å²) in [5.41, 5.74) is 6.32. The van der Waals surface area contributed by atoms with Crippen LogP contribution in [0.4, 0.5) is 0 Å². The molecule has 2 N–H and O–H groups in total. The number of piperidine rings is 1. The fourth-order valence-corrected chi connectivity index (χ4v) is 2.11. The minimum Gasteiger partial charge on any atom is -0.338 e. The molecule has 1 fully saturated rings. The molecule has 0 aromatic carbocycles. The van der Waals surface area contributed by atoms with E-state index in [1.807, 2.05) is 4.90 Å². The molecule has 0 saturated carbocycles. The number of nitrogens with zero attached hydrogens (tertiary/aromatic N) is 2. The van der Waals surface area contributed by atoms with Crippen molar-refractivity contribution in [3.05, 3.63) is 30.1 Å². The van der Waals surface area contributed by atoms with Crippen molar-refractivity contribution in [2.45, 2.75) is 12.8 Å². The van der Waals surface area contributed by atoms with E-state index in [-0.39, 0.29) is 30.7 Å². The Morgan fingerprint density at radius 3 is 2.89 bits per heavy atom. The van der Waals surface area contributed by atoms with Gasteiger partial charge in [-0.1, -0.05) is 0 Å². The van der Waals surface area contributed by atoms with Gasteiger partial charge in [0.15, 0.2) is 0 Å². The Balaban J connectivity index is 0.00000144. The maximum absolute atomic E-state index is 12.1. The monoisotopic (exact) mass is 291 g/mol. The number of likely N-dealkylation sites (tertiary alicyclic amines) is 1. The van der Waals surface area contributed by atoms with Crippen LogP contribution in [0.3, 0.4) is 0 Å². The van der Waals surface area contributed by atoms with E-state index in [1.54, 1.807) is 24.5 Å². The van der Waals surface area contributed by atoms with Crippen molar-refractivity contribution in [1.29, 1.82) is 0 Å². The van der Waals surface area contributed by atoms with Crippen LogP contribution in [0.2, 0.25) is 0 Å². The first kappa shape index (κ1) is 17.2. The summed E-state index contributed by atoms with van der Waals surface area (Å²) in [4.78, 5) is 18.0. The zero-order chi connectivity index (χ0) is 11.4. The van der Waals surface area contributed by atoms with Crippen LogP contribution in [-0.4, -0.2) is 35.4 Å². The van der Waals surface area contributed by atoms with Crippen LogP contribution in [0.5, 0.6) is 0 Å². The molecule has 18 heavy (non-hydrogen) atoms. The fourth-order valence-electron chi connectivity index (χ4n) is 2.11. The van der Waals surface area contributed by atoms with Crippen molar-refractivity contribution in [2.75, 3.05) is 19.6 Å². The minimum atomic E-state index is 0. The second-order valence-corrected chi connectivity index (χ2v) is 4.24. The van der Waals surface area contributed by atoms with E-state index in [9.17, 15) is 4.79 Å². The van der Waals surface area contributed by atoms with Crippen molar-refractivity contribution in [1.82, 2.24) is 9.88 Å². The van der Waals surface area contributed by atoms with Crippen molar-refractivity contribution in [3.63, 3.8) is 0 Å². The number of hydrogen-bond acceptors (Lipinski definition) is 3. The van der Waals surface area contributed by atoms with Crippen LogP contribution in [-0.2, 0) is 0 Å². The Bertz CT molecular complexity index is 362. The summed E-state index contributed by atoms with van der Waals surface area (Å²) in [6.07, 6.45) is 5.48. The number of carbonyl (C=O) groups excluding carboxylic acids is 1. The van der Waals surface area contributed by atoms with E-state index >= 15 is 0 Å². The van der Waals surface area contributed by atoms with Gasteiger partial charge in [-0.3, -0.25) is 9.78 Å². The largest absolute Gasteiger partial charge is 0.338 e. The van der Waals surface area contributed by atoms with E-state index < -0.39 is 0 Å². The number of aromatic nitrogens is 1. The topological polar surface area (TPSA) is 59.2 Å². The number of halogens is 2. The molecule has 0 aliphatic carbocycles. The zero-order valence-corrected chi connectivity index (χ0v) is 11.8. The highest BCUT2D eigenvalue weighted by atomic mass is 35.5. The van der Waals surface area contributed by atoms with E-state index in [4.69, 9.17) is 5.73 Å². The van der Waals surface area contributed by atoms with Crippen LogP contribution in [0, 0.1) is 5.92 Å². The zero-order valence-electron chi connectivity index (χ0n) is 10.1. The van der Waals surface area contributed by atoms with Gasteiger partial charge < -0.3 is 10.6 Å². The van der Waals surface area contributed by atoms with E-state index in [0.717, 1.165) is 25.9 Å². The highest BCUT2D eigenvalue weighted by molar-refractivity contribution is 5.93. The molecule has 1 unspecified atom stereocenters. The molecule has 2 heterocycles.